The number of hydrogen-bond donors (Lipinski definition) is 2. The highest BCUT2D eigenvalue weighted by Gasteiger charge is 2.20. The van der Waals surface area contributed by atoms with Crippen LogP contribution in [-0.2, 0) is 22.7 Å². The van der Waals surface area contributed by atoms with Gasteiger partial charge in [-0.15, -0.1) is 0 Å². The van der Waals surface area contributed by atoms with Crippen molar-refractivity contribution in [1.29, 1.82) is 0 Å². The predicted molar refractivity (Wildman–Crippen MR) is 112 cm³/mol. The summed E-state index contributed by atoms with van der Waals surface area (Å²) >= 11 is 0. The lowest BCUT2D eigenvalue weighted by Crippen LogP contribution is -2.35. The summed E-state index contributed by atoms with van der Waals surface area (Å²) in [6.45, 7) is 2.64. The lowest BCUT2D eigenvalue weighted by atomic mass is 10.1. The number of aromatic nitrogens is 1. The van der Waals surface area contributed by atoms with E-state index in [2.05, 4.69) is 5.32 Å². The predicted octanol–water partition coefficient (Wildman–Crippen LogP) is 2.45. The molecule has 0 spiro atoms. The minimum Gasteiger partial charge on any atom is -0.482 e. The summed E-state index contributed by atoms with van der Waals surface area (Å²) in [6.07, 6.45) is 2.55. The molecule has 1 amide bonds. The molecular weight excluding hydrogens is 388 g/mol. The lowest BCUT2D eigenvalue weighted by molar-refractivity contribution is -0.137. The molecule has 1 unspecified atom stereocenters. The van der Waals surface area contributed by atoms with Crippen molar-refractivity contribution in [2.24, 2.45) is 0 Å². The Morgan fingerprint density at radius 3 is 2.60 bits per heavy atom. The number of hydrogen-bond acceptors (Lipinski definition) is 5. The van der Waals surface area contributed by atoms with Crippen LogP contribution in [0.25, 0.3) is 0 Å². The van der Waals surface area contributed by atoms with Crippen LogP contribution in [0.15, 0.2) is 47.4 Å². The Balaban J connectivity index is 2.19. The fourth-order valence-corrected chi connectivity index (χ4v) is 2.90. The number of nitrogens with one attached hydrogen (secondary N) is 1. The molecule has 1 aromatic heterocycles. The number of carboxylic acids is 1. The Labute approximate surface area is 175 Å². The van der Waals surface area contributed by atoms with E-state index in [9.17, 15) is 14.4 Å². The molecule has 0 aliphatic heterocycles. The molecule has 0 bridgehead atoms. The van der Waals surface area contributed by atoms with Crippen LogP contribution < -0.4 is 15.6 Å². The van der Waals surface area contributed by atoms with Crippen molar-refractivity contribution in [3.63, 3.8) is 0 Å². The zero-order valence-corrected chi connectivity index (χ0v) is 17.3. The summed E-state index contributed by atoms with van der Waals surface area (Å²) in [5, 5.41) is 11.6. The Morgan fingerprint density at radius 2 is 1.93 bits per heavy atom. The Bertz CT molecular complexity index is 894. The van der Waals surface area contributed by atoms with E-state index in [1.165, 1.54) is 4.57 Å². The average molecular weight is 416 g/mol. The first-order chi connectivity index (χ1) is 14.4. The fraction of sp³-hybridized carbons (Fsp3) is 0.409. The van der Waals surface area contributed by atoms with Crippen LogP contribution in [0.2, 0.25) is 0 Å². The largest absolute Gasteiger partial charge is 0.482 e. The molecular formula is C22H28N2O6. The number of carbonyl (C=O) groups excluding carboxylic acids is 1. The van der Waals surface area contributed by atoms with Gasteiger partial charge in [0.1, 0.15) is 6.61 Å². The minimum atomic E-state index is -0.871. The second kappa shape index (κ2) is 11.8. The highest BCUT2D eigenvalue weighted by atomic mass is 16.5. The van der Waals surface area contributed by atoms with Crippen molar-refractivity contribution < 1.29 is 24.2 Å². The number of aliphatic carboxylic acids is 1. The summed E-state index contributed by atoms with van der Waals surface area (Å²) in [5.74, 6) is -1.32. The second-order valence-corrected chi connectivity index (χ2v) is 6.98. The molecule has 0 saturated carbocycles. The van der Waals surface area contributed by atoms with Crippen LogP contribution in [-0.4, -0.2) is 41.3 Å². The molecule has 8 heteroatoms. The van der Waals surface area contributed by atoms with Crippen LogP contribution in [0.5, 0.6) is 5.75 Å². The van der Waals surface area contributed by atoms with Crippen LogP contribution in [0.1, 0.15) is 42.1 Å². The van der Waals surface area contributed by atoms with E-state index < -0.39 is 17.4 Å². The van der Waals surface area contributed by atoms with Gasteiger partial charge >= 0.3 is 5.97 Å². The molecule has 0 radical (unpaired) electrons. The molecule has 0 aliphatic carbocycles. The first-order valence-electron chi connectivity index (χ1n) is 9.84. The third-order valence-electron chi connectivity index (χ3n) is 4.53. The van der Waals surface area contributed by atoms with E-state index >= 15 is 0 Å². The molecule has 2 aromatic rings. The molecule has 1 heterocycles. The summed E-state index contributed by atoms with van der Waals surface area (Å²) in [6, 6.07) is 10.7. The average Bonchev–Trinajstić information content (AvgIpc) is 2.72. The van der Waals surface area contributed by atoms with Gasteiger partial charge in [-0.2, -0.15) is 0 Å². The van der Waals surface area contributed by atoms with E-state index in [0.29, 0.717) is 26.0 Å². The quantitative estimate of drug-likeness (QED) is 0.550. The maximum Gasteiger partial charge on any atom is 0.303 e. The van der Waals surface area contributed by atoms with E-state index in [1.54, 1.807) is 26.3 Å². The molecule has 0 fully saturated rings. The smallest absolute Gasteiger partial charge is 0.303 e. The van der Waals surface area contributed by atoms with Crippen molar-refractivity contribution in [2.75, 3.05) is 13.7 Å². The van der Waals surface area contributed by atoms with E-state index in [0.717, 1.165) is 5.56 Å². The van der Waals surface area contributed by atoms with Gasteiger partial charge in [0.15, 0.2) is 5.75 Å². The number of nitrogens with zero attached hydrogens (tertiary/aromatic N) is 1. The van der Waals surface area contributed by atoms with Crippen LogP contribution in [0.4, 0.5) is 0 Å². The van der Waals surface area contributed by atoms with Gasteiger partial charge in [-0.25, -0.2) is 0 Å². The molecule has 30 heavy (non-hydrogen) atoms. The SMILES string of the molecule is COCCn1ccc(C(=O)NC(C)CCCC(=O)O)c(OCc2ccccc2)c1=O. The van der Waals surface area contributed by atoms with Gasteiger partial charge in [0.25, 0.3) is 11.5 Å². The number of ether oxygens (including phenoxy) is 2. The third kappa shape index (κ3) is 7.04. The van der Waals surface area contributed by atoms with Gasteiger partial charge in [-0.1, -0.05) is 30.3 Å². The zero-order chi connectivity index (χ0) is 21.9. The summed E-state index contributed by atoms with van der Waals surface area (Å²) in [5.41, 5.74) is 0.612. The number of benzene rings is 1. The monoisotopic (exact) mass is 416 g/mol. The fourth-order valence-electron chi connectivity index (χ4n) is 2.90. The Hall–Kier alpha value is -3.13. The topological polar surface area (TPSA) is 107 Å². The molecule has 0 saturated heterocycles. The summed E-state index contributed by atoms with van der Waals surface area (Å²) in [4.78, 5) is 36.3. The van der Waals surface area contributed by atoms with E-state index in [1.807, 2.05) is 30.3 Å². The first kappa shape index (κ1) is 23.2. The van der Waals surface area contributed by atoms with Gasteiger partial charge in [0, 0.05) is 32.3 Å². The highest BCUT2D eigenvalue weighted by Crippen LogP contribution is 2.16. The normalized spacial score (nSPS) is 11.7. The molecule has 162 valence electrons. The molecule has 2 rings (SSSR count). The lowest BCUT2D eigenvalue weighted by Gasteiger charge is -2.17. The van der Waals surface area contributed by atoms with Gasteiger partial charge in [-0.05, 0) is 31.4 Å². The molecule has 2 N–H and O–H groups in total. The van der Waals surface area contributed by atoms with Crippen molar-refractivity contribution in [3.8, 4) is 5.75 Å². The number of pyridine rings is 1. The Kier molecular flexibility index (Phi) is 9.08. The molecule has 1 aromatic carbocycles. The second-order valence-electron chi connectivity index (χ2n) is 6.98. The van der Waals surface area contributed by atoms with Crippen LogP contribution in [0.3, 0.4) is 0 Å². The maximum absolute atomic E-state index is 12.9. The molecule has 0 aliphatic rings. The van der Waals surface area contributed by atoms with Crippen molar-refractivity contribution in [1.82, 2.24) is 9.88 Å². The van der Waals surface area contributed by atoms with Crippen molar-refractivity contribution >= 4 is 11.9 Å². The minimum absolute atomic E-state index is 0.0207. The summed E-state index contributed by atoms with van der Waals surface area (Å²) in [7, 11) is 1.55. The Morgan fingerprint density at radius 1 is 1.20 bits per heavy atom. The summed E-state index contributed by atoms with van der Waals surface area (Å²) < 4.78 is 12.3. The zero-order valence-electron chi connectivity index (χ0n) is 17.3. The molecule has 1 atom stereocenters. The van der Waals surface area contributed by atoms with E-state index in [-0.39, 0.29) is 30.4 Å². The van der Waals surface area contributed by atoms with Gasteiger partial charge < -0.3 is 24.5 Å². The highest BCUT2D eigenvalue weighted by molar-refractivity contribution is 5.96. The van der Waals surface area contributed by atoms with Gasteiger partial charge in [0.2, 0.25) is 0 Å². The third-order valence-corrected chi connectivity index (χ3v) is 4.53. The van der Waals surface area contributed by atoms with E-state index in [4.69, 9.17) is 14.6 Å². The van der Waals surface area contributed by atoms with Crippen molar-refractivity contribution in [2.45, 2.75) is 45.4 Å². The number of carboxylic acid groups (broad SMARTS) is 1. The maximum atomic E-state index is 12.9. The standard InChI is InChI=1S/C22H28N2O6/c1-16(7-6-10-19(25)26)23-21(27)18-11-12-24(13-14-29-2)22(28)20(18)30-15-17-8-4-3-5-9-17/h3-5,8-9,11-12,16H,6-7,10,13-15H2,1-2H3,(H,23,27)(H,25,26). The van der Waals surface area contributed by atoms with Gasteiger partial charge in [0.05, 0.1) is 12.2 Å². The van der Waals surface area contributed by atoms with Crippen LogP contribution in [0, 0.1) is 0 Å². The first-order valence-corrected chi connectivity index (χ1v) is 9.84. The number of amides is 1. The number of rotatable bonds is 12. The molecule has 8 nitrogen and oxygen atoms in total. The van der Waals surface area contributed by atoms with Gasteiger partial charge in [-0.3, -0.25) is 14.4 Å². The number of methoxy groups -OCH3 is 1. The number of carbonyl (C=O) groups is 2. The van der Waals surface area contributed by atoms with Crippen LogP contribution >= 0.6 is 0 Å². The van der Waals surface area contributed by atoms with Crippen molar-refractivity contribution in [3.05, 3.63) is 64.1 Å².